The third kappa shape index (κ3) is 3.82. The van der Waals surface area contributed by atoms with Crippen LogP contribution < -0.4 is 9.47 Å². The molecule has 9 heteroatoms. The van der Waals surface area contributed by atoms with Gasteiger partial charge in [-0.1, -0.05) is 58.4 Å². The molecule has 2 aliphatic rings. The Morgan fingerprint density at radius 1 is 1.10 bits per heavy atom. The molecule has 0 bridgehead atoms. The van der Waals surface area contributed by atoms with E-state index in [9.17, 15) is 10.2 Å². The first kappa shape index (κ1) is 26.0. The molecule has 8 nitrogen and oxygen atoms in total. The van der Waals surface area contributed by atoms with Crippen molar-refractivity contribution >= 4 is 15.9 Å². The fourth-order valence-corrected chi connectivity index (χ4v) is 6.95. The molecule has 6 rings (SSSR count). The molecule has 1 fully saturated rings. The number of hydrogen-bond donors (Lipinski definition) is 2. The number of nitrogens with zero attached hydrogens (tertiary/aromatic N) is 4. The largest absolute Gasteiger partial charge is 0.495 e. The first-order chi connectivity index (χ1) is 18.8. The SMILES string of the molecule is COc1cncc2c1[C@]1(O)[C@H](O)[C@H](CN(C)Cc3ccnn3C)[C@@H](c3ccccc3)[C@]1(c1ccc(Br)cc1)O2. The summed E-state index contributed by atoms with van der Waals surface area (Å²) in [4.78, 5) is 6.46. The van der Waals surface area contributed by atoms with Crippen molar-refractivity contribution in [3.05, 3.63) is 106 Å². The van der Waals surface area contributed by atoms with E-state index in [0.717, 1.165) is 21.3 Å². The monoisotopic (exact) mass is 590 g/mol. The standard InChI is InChI=1S/C30H31BrN4O4/c1-34(17-22-13-14-33-35(22)2)18-23-26(19-7-5-4-6-8-19)30(20-9-11-21(31)12-10-20)29(37,28(23)36)27-24(38-3)15-32-16-25(27)39-30/h4-16,23,26,28,36-37H,17-18H2,1-3H3/t23-,26-,28-,29+,30+/m1/s1. The molecule has 0 amide bonds. The van der Waals surface area contributed by atoms with Crippen LogP contribution in [0.1, 0.15) is 28.3 Å². The summed E-state index contributed by atoms with van der Waals surface area (Å²) >= 11 is 3.54. The highest BCUT2D eigenvalue weighted by atomic mass is 79.9. The van der Waals surface area contributed by atoms with Gasteiger partial charge in [0.05, 0.1) is 36.9 Å². The highest BCUT2D eigenvalue weighted by Gasteiger charge is 2.76. The van der Waals surface area contributed by atoms with Gasteiger partial charge in [0.25, 0.3) is 0 Å². The Hall–Kier alpha value is -3.24. The topological polar surface area (TPSA) is 92.9 Å². The van der Waals surface area contributed by atoms with Gasteiger partial charge in [-0.25, -0.2) is 0 Å². The first-order valence-electron chi connectivity index (χ1n) is 12.9. The lowest BCUT2D eigenvalue weighted by molar-refractivity contribution is -0.152. The van der Waals surface area contributed by atoms with Crippen LogP contribution >= 0.6 is 15.9 Å². The van der Waals surface area contributed by atoms with Gasteiger partial charge in [-0.05, 0) is 36.4 Å². The minimum atomic E-state index is -1.82. The average molecular weight is 592 g/mol. The highest BCUT2D eigenvalue weighted by molar-refractivity contribution is 9.10. The number of fused-ring (bicyclic) bond motifs is 3. The van der Waals surface area contributed by atoms with Crippen LogP contribution in [0.25, 0.3) is 0 Å². The number of aryl methyl sites for hydroxylation is 1. The Morgan fingerprint density at radius 2 is 1.85 bits per heavy atom. The second-order valence-electron chi connectivity index (χ2n) is 10.5. The van der Waals surface area contributed by atoms with Crippen LogP contribution in [-0.2, 0) is 24.8 Å². The van der Waals surface area contributed by atoms with Gasteiger partial charge < -0.3 is 24.6 Å². The van der Waals surface area contributed by atoms with Gasteiger partial charge in [-0.2, -0.15) is 5.10 Å². The van der Waals surface area contributed by atoms with E-state index in [1.54, 1.807) is 18.6 Å². The lowest BCUT2D eigenvalue weighted by Crippen LogP contribution is -2.52. The normalized spacial score (nSPS) is 27.3. The van der Waals surface area contributed by atoms with Crippen LogP contribution in [0.15, 0.2) is 83.7 Å². The lowest BCUT2D eigenvalue weighted by atomic mass is 9.70. The number of methoxy groups -OCH3 is 1. The van der Waals surface area contributed by atoms with Crippen LogP contribution in [0.4, 0.5) is 0 Å². The predicted molar refractivity (Wildman–Crippen MR) is 149 cm³/mol. The van der Waals surface area contributed by atoms with E-state index in [2.05, 4.69) is 30.9 Å². The fraction of sp³-hybridized carbons (Fsp3) is 0.333. The summed E-state index contributed by atoms with van der Waals surface area (Å²) in [5, 5.41) is 29.5. The van der Waals surface area contributed by atoms with Gasteiger partial charge in [0, 0.05) is 42.6 Å². The van der Waals surface area contributed by atoms with Crippen molar-refractivity contribution in [1.82, 2.24) is 19.7 Å². The summed E-state index contributed by atoms with van der Waals surface area (Å²) in [5.41, 5.74) is 0.0455. The molecule has 3 heterocycles. The van der Waals surface area contributed by atoms with E-state index in [1.807, 2.05) is 79.4 Å². The van der Waals surface area contributed by atoms with E-state index in [1.165, 1.54) is 7.11 Å². The van der Waals surface area contributed by atoms with Gasteiger partial charge in [0.15, 0.2) is 11.2 Å². The number of aliphatic hydroxyl groups is 2. The second-order valence-corrected chi connectivity index (χ2v) is 11.4. The van der Waals surface area contributed by atoms with Gasteiger partial charge in [-0.15, -0.1) is 0 Å². The molecule has 202 valence electrons. The minimum absolute atomic E-state index is 0.378. The summed E-state index contributed by atoms with van der Waals surface area (Å²) in [6.07, 6.45) is 3.75. The van der Waals surface area contributed by atoms with Crippen molar-refractivity contribution in [3.63, 3.8) is 0 Å². The zero-order valence-corrected chi connectivity index (χ0v) is 23.6. The van der Waals surface area contributed by atoms with E-state index < -0.39 is 29.1 Å². The summed E-state index contributed by atoms with van der Waals surface area (Å²) < 4.78 is 15.3. The Kier molecular flexibility index (Phi) is 6.50. The molecule has 0 radical (unpaired) electrons. The Labute approximate surface area is 236 Å². The molecule has 2 aromatic carbocycles. The molecule has 4 aromatic rings. The number of hydrogen-bond acceptors (Lipinski definition) is 7. The number of rotatable bonds is 7. The number of halogens is 1. The first-order valence-corrected chi connectivity index (χ1v) is 13.7. The summed E-state index contributed by atoms with van der Waals surface area (Å²) in [5.74, 6) is -0.0264. The molecule has 1 aliphatic heterocycles. The minimum Gasteiger partial charge on any atom is -0.495 e. The van der Waals surface area contributed by atoms with Gasteiger partial charge >= 0.3 is 0 Å². The van der Waals surface area contributed by atoms with Crippen molar-refractivity contribution in [2.45, 2.75) is 29.8 Å². The van der Waals surface area contributed by atoms with Crippen LogP contribution in [-0.4, -0.2) is 56.7 Å². The number of pyridine rings is 1. The van der Waals surface area contributed by atoms with Crippen LogP contribution in [0.2, 0.25) is 0 Å². The molecule has 2 aromatic heterocycles. The molecule has 5 atom stereocenters. The molecule has 0 spiro atoms. The van der Waals surface area contributed by atoms with Crippen molar-refractivity contribution < 1.29 is 19.7 Å². The molecule has 39 heavy (non-hydrogen) atoms. The predicted octanol–water partition coefficient (Wildman–Crippen LogP) is 3.97. The number of aromatic nitrogens is 3. The second kappa shape index (κ2) is 9.75. The molecular formula is C30H31BrN4O4. The molecule has 0 saturated heterocycles. The van der Waals surface area contributed by atoms with Gasteiger partial charge in [0.2, 0.25) is 0 Å². The number of ether oxygens (including phenoxy) is 2. The number of aliphatic hydroxyl groups excluding tert-OH is 1. The van der Waals surface area contributed by atoms with Crippen molar-refractivity contribution in [2.75, 3.05) is 20.7 Å². The van der Waals surface area contributed by atoms with Crippen LogP contribution in [0, 0.1) is 5.92 Å². The number of benzene rings is 2. The lowest BCUT2D eigenvalue weighted by Gasteiger charge is -2.41. The maximum absolute atomic E-state index is 12.9. The molecule has 1 aliphatic carbocycles. The third-order valence-corrected chi connectivity index (χ3v) is 8.85. The summed E-state index contributed by atoms with van der Waals surface area (Å²) in [7, 11) is 5.47. The molecule has 2 N–H and O–H groups in total. The molecule has 1 saturated carbocycles. The fourth-order valence-electron chi connectivity index (χ4n) is 6.69. The van der Waals surface area contributed by atoms with E-state index in [-0.39, 0.29) is 0 Å². The van der Waals surface area contributed by atoms with Gasteiger partial charge in [0.1, 0.15) is 11.5 Å². The highest BCUT2D eigenvalue weighted by Crippen LogP contribution is 2.69. The Morgan fingerprint density at radius 3 is 2.51 bits per heavy atom. The quantitative estimate of drug-likeness (QED) is 0.336. The summed E-state index contributed by atoms with van der Waals surface area (Å²) in [6.45, 7) is 1.13. The maximum atomic E-state index is 12.9. The van der Waals surface area contributed by atoms with E-state index >= 15 is 0 Å². The van der Waals surface area contributed by atoms with Crippen molar-refractivity contribution in [3.8, 4) is 11.5 Å². The smallest absolute Gasteiger partial charge is 0.177 e. The van der Waals surface area contributed by atoms with Gasteiger partial charge in [-0.3, -0.25) is 9.67 Å². The average Bonchev–Trinajstić information content (AvgIpc) is 3.52. The van der Waals surface area contributed by atoms with E-state index in [0.29, 0.717) is 30.2 Å². The van der Waals surface area contributed by atoms with Crippen LogP contribution in [0.3, 0.4) is 0 Å². The molecular weight excluding hydrogens is 560 g/mol. The maximum Gasteiger partial charge on any atom is 0.177 e. The van der Waals surface area contributed by atoms with Crippen molar-refractivity contribution in [2.24, 2.45) is 13.0 Å². The molecule has 0 unspecified atom stereocenters. The Bertz CT molecular complexity index is 1480. The van der Waals surface area contributed by atoms with Crippen molar-refractivity contribution in [1.29, 1.82) is 0 Å². The zero-order chi connectivity index (χ0) is 27.4. The third-order valence-electron chi connectivity index (χ3n) is 8.32. The summed E-state index contributed by atoms with van der Waals surface area (Å²) in [6, 6.07) is 19.8. The zero-order valence-electron chi connectivity index (χ0n) is 22.0. The van der Waals surface area contributed by atoms with Crippen LogP contribution in [0.5, 0.6) is 11.5 Å². The van der Waals surface area contributed by atoms with E-state index in [4.69, 9.17) is 9.47 Å². The Balaban J connectivity index is 1.56.